The van der Waals surface area contributed by atoms with Crippen LogP contribution in [0.1, 0.15) is 29.0 Å². The summed E-state index contributed by atoms with van der Waals surface area (Å²) in [5, 5.41) is 23.2. The van der Waals surface area contributed by atoms with Crippen molar-refractivity contribution in [3.63, 3.8) is 0 Å². The van der Waals surface area contributed by atoms with Gasteiger partial charge in [-0.2, -0.15) is 10.5 Å². The fourth-order valence-electron chi connectivity index (χ4n) is 2.52. The highest BCUT2D eigenvalue weighted by Crippen LogP contribution is 2.15. The molecule has 0 spiro atoms. The third kappa shape index (κ3) is 6.19. The second-order valence-electron chi connectivity index (χ2n) is 5.86. The lowest BCUT2D eigenvalue weighted by atomic mass is 10.1. The molecule has 2 aromatic rings. The Morgan fingerprint density at radius 2 is 1.75 bits per heavy atom. The van der Waals surface area contributed by atoms with Gasteiger partial charge in [-0.3, -0.25) is 9.59 Å². The van der Waals surface area contributed by atoms with E-state index < -0.39 is 0 Å². The Kier molecular flexibility index (Phi) is 8.10. The first kappa shape index (κ1) is 20.5. The molecular weight excluding hydrogens is 358 g/mol. The topological polar surface area (TPSA) is 122 Å². The quantitative estimate of drug-likeness (QED) is 0.653. The summed E-state index contributed by atoms with van der Waals surface area (Å²) < 4.78 is 5.19. The summed E-state index contributed by atoms with van der Waals surface area (Å²) in [6.07, 6.45) is 1.93. The zero-order valence-electron chi connectivity index (χ0n) is 15.4. The molecule has 0 fully saturated rings. The molecule has 144 valence electrons. The highest BCUT2D eigenvalue weighted by molar-refractivity contribution is 6.00. The Labute approximate surface area is 163 Å². The standard InChI is InChI=1S/C20H21N5O3/c21-9-4-11-25(12-5-10-22)19(26)15-23-18-8-2-1-7-17(18)20(27)24-14-16-6-3-13-28-16/h1-3,6-8,13,23H,4-5,11-12,14-15H2,(H,24,27). The van der Waals surface area contributed by atoms with E-state index in [2.05, 4.69) is 10.6 Å². The zero-order valence-corrected chi connectivity index (χ0v) is 15.4. The van der Waals surface area contributed by atoms with E-state index in [4.69, 9.17) is 14.9 Å². The van der Waals surface area contributed by atoms with Crippen LogP contribution in [0.3, 0.4) is 0 Å². The van der Waals surface area contributed by atoms with Crippen molar-refractivity contribution < 1.29 is 14.0 Å². The van der Waals surface area contributed by atoms with Gasteiger partial charge >= 0.3 is 0 Å². The van der Waals surface area contributed by atoms with Crippen LogP contribution in [0.25, 0.3) is 0 Å². The summed E-state index contributed by atoms with van der Waals surface area (Å²) in [6.45, 7) is 0.752. The summed E-state index contributed by atoms with van der Waals surface area (Å²) in [4.78, 5) is 26.4. The number of nitrogens with zero attached hydrogens (tertiary/aromatic N) is 3. The van der Waals surface area contributed by atoms with E-state index >= 15 is 0 Å². The number of carbonyl (C=O) groups is 2. The number of amides is 2. The summed E-state index contributed by atoms with van der Waals surface area (Å²) in [7, 11) is 0. The molecule has 8 heteroatoms. The number of benzene rings is 1. The van der Waals surface area contributed by atoms with Crippen molar-refractivity contribution in [1.82, 2.24) is 10.2 Å². The normalized spacial score (nSPS) is 9.79. The number of hydrogen-bond donors (Lipinski definition) is 2. The Hall–Kier alpha value is -3.78. The second kappa shape index (κ2) is 11.0. The number of nitriles is 2. The van der Waals surface area contributed by atoms with Gasteiger partial charge in [0, 0.05) is 18.8 Å². The average Bonchev–Trinajstić information content (AvgIpc) is 3.24. The molecule has 28 heavy (non-hydrogen) atoms. The zero-order chi connectivity index (χ0) is 20.2. The lowest BCUT2D eigenvalue weighted by molar-refractivity contribution is -0.129. The largest absolute Gasteiger partial charge is 0.467 e. The number of anilines is 1. The molecule has 2 amide bonds. The van der Waals surface area contributed by atoms with Gasteiger partial charge in [0.25, 0.3) is 5.91 Å². The van der Waals surface area contributed by atoms with Crippen LogP contribution in [-0.4, -0.2) is 36.3 Å². The average molecular weight is 379 g/mol. The van der Waals surface area contributed by atoms with Crippen molar-refractivity contribution in [3.05, 3.63) is 54.0 Å². The minimum atomic E-state index is -0.294. The molecular formula is C20H21N5O3. The van der Waals surface area contributed by atoms with Crippen LogP contribution in [0.15, 0.2) is 47.1 Å². The van der Waals surface area contributed by atoms with E-state index in [-0.39, 0.29) is 50.8 Å². The van der Waals surface area contributed by atoms with Gasteiger partial charge in [0.1, 0.15) is 5.76 Å². The maximum absolute atomic E-state index is 12.5. The molecule has 0 bridgehead atoms. The summed E-state index contributed by atoms with van der Waals surface area (Å²) in [5.74, 6) is 0.105. The number of para-hydroxylation sites is 1. The van der Waals surface area contributed by atoms with E-state index in [9.17, 15) is 9.59 Å². The molecule has 0 radical (unpaired) electrons. The number of rotatable bonds is 10. The number of nitrogens with one attached hydrogen (secondary N) is 2. The second-order valence-corrected chi connectivity index (χ2v) is 5.86. The van der Waals surface area contributed by atoms with Gasteiger partial charge in [0.15, 0.2) is 0 Å². The summed E-state index contributed by atoms with van der Waals surface area (Å²) in [5.41, 5.74) is 0.927. The Morgan fingerprint density at radius 3 is 2.39 bits per heavy atom. The molecule has 0 aliphatic carbocycles. The van der Waals surface area contributed by atoms with Crippen molar-refractivity contribution in [2.24, 2.45) is 0 Å². The maximum Gasteiger partial charge on any atom is 0.253 e. The van der Waals surface area contributed by atoms with E-state index in [0.29, 0.717) is 17.0 Å². The Bertz CT molecular complexity index is 847. The minimum Gasteiger partial charge on any atom is -0.467 e. The molecule has 1 aromatic heterocycles. The number of hydrogen-bond acceptors (Lipinski definition) is 6. The lowest BCUT2D eigenvalue weighted by Gasteiger charge is -2.21. The van der Waals surface area contributed by atoms with E-state index in [0.717, 1.165) is 0 Å². The van der Waals surface area contributed by atoms with Gasteiger partial charge in [-0.05, 0) is 24.3 Å². The van der Waals surface area contributed by atoms with Crippen molar-refractivity contribution in [3.8, 4) is 12.1 Å². The fourth-order valence-corrected chi connectivity index (χ4v) is 2.52. The molecule has 0 saturated heterocycles. The summed E-state index contributed by atoms with van der Waals surface area (Å²) in [6, 6.07) is 14.4. The van der Waals surface area contributed by atoms with Crippen LogP contribution < -0.4 is 10.6 Å². The van der Waals surface area contributed by atoms with Crippen molar-refractivity contribution in [2.75, 3.05) is 25.0 Å². The van der Waals surface area contributed by atoms with Crippen molar-refractivity contribution >= 4 is 17.5 Å². The van der Waals surface area contributed by atoms with Crippen LogP contribution in [0.5, 0.6) is 0 Å². The first-order valence-electron chi connectivity index (χ1n) is 8.81. The van der Waals surface area contributed by atoms with Crippen molar-refractivity contribution in [1.29, 1.82) is 10.5 Å². The first-order valence-corrected chi connectivity index (χ1v) is 8.81. The van der Waals surface area contributed by atoms with Crippen LogP contribution in [0, 0.1) is 22.7 Å². The highest BCUT2D eigenvalue weighted by Gasteiger charge is 2.15. The predicted molar refractivity (Wildman–Crippen MR) is 102 cm³/mol. The van der Waals surface area contributed by atoms with Gasteiger partial charge in [-0.15, -0.1) is 0 Å². The summed E-state index contributed by atoms with van der Waals surface area (Å²) >= 11 is 0. The SMILES string of the molecule is N#CCCN(CCC#N)C(=O)CNc1ccccc1C(=O)NCc1ccco1. The molecule has 0 aliphatic rings. The molecule has 0 aliphatic heterocycles. The van der Waals surface area contributed by atoms with Gasteiger partial charge in [-0.1, -0.05) is 12.1 Å². The fraction of sp³-hybridized carbons (Fsp3) is 0.300. The molecule has 8 nitrogen and oxygen atoms in total. The molecule has 1 heterocycles. The molecule has 0 saturated carbocycles. The Morgan fingerprint density at radius 1 is 1.04 bits per heavy atom. The maximum atomic E-state index is 12.5. The molecule has 0 unspecified atom stereocenters. The van der Waals surface area contributed by atoms with Crippen LogP contribution in [-0.2, 0) is 11.3 Å². The van der Waals surface area contributed by atoms with E-state index in [1.807, 2.05) is 12.1 Å². The molecule has 2 rings (SSSR count). The van der Waals surface area contributed by atoms with Crippen LogP contribution >= 0.6 is 0 Å². The van der Waals surface area contributed by atoms with E-state index in [1.54, 1.807) is 36.4 Å². The molecule has 2 N–H and O–H groups in total. The lowest BCUT2D eigenvalue weighted by Crippen LogP contribution is -2.37. The number of carbonyl (C=O) groups excluding carboxylic acids is 2. The van der Waals surface area contributed by atoms with Gasteiger partial charge in [0.2, 0.25) is 5.91 Å². The third-order valence-corrected chi connectivity index (χ3v) is 3.94. The third-order valence-electron chi connectivity index (χ3n) is 3.94. The molecule has 1 aromatic carbocycles. The first-order chi connectivity index (χ1) is 13.7. The van der Waals surface area contributed by atoms with Gasteiger partial charge < -0.3 is 20.0 Å². The minimum absolute atomic E-state index is 0.0423. The number of furan rings is 1. The van der Waals surface area contributed by atoms with Crippen molar-refractivity contribution in [2.45, 2.75) is 19.4 Å². The van der Waals surface area contributed by atoms with Crippen LogP contribution in [0.2, 0.25) is 0 Å². The Balaban J connectivity index is 1.97. The van der Waals surface area contributed by atoms with Gasteiger partial charge in [-0.25, -0.2) is 0 Å². The highest BCUT2D eigenvalue weighted by atomic mass is 16.3. The van der Waals surface area contributed by atoms with Gasteiger partial charge in [0.05, 0.1) is 49.9 Å². The van der Waals surface area contributed by atoms with E-state index in [1.165, 1.54) is 11.2 Å². The monoisotopic (exact) mass is 379 g/mol. The predicted octanol–water partition coefficient (Wildman–Crippen LogP) is 2.28. The van der Waals surface area contributed by atoms with Crippen LogP contribution in [0.4, 0.5) is 5.69 Å². The smallest absolute Gasteiger partial charge is 0.253 e. The molecule has 0 atom stereocenters.